The van der Waals surface area contributed by atoms with E-state index in [1.165, 1.54) is 24.0 Å². The SMILES string of the molecule is CC(C)NCc1cncc(C2CC2)c1. The molecule has 0 aromatic carbocycles. The topological polar surface area (TPSA) is 24.9 Å². The molecule has 1 aromatic rings. The van der Waals surface area contributed by atoms with Gasteiger partial charge in [0.25, 0.3) is 0 Å². The molecule has 1 aromatic heterocycles. The average molecular weight is 190 g/mol. The fourth-order valence-corrected chi connectivity index (χ4v) is 1.57. The monoisotopic (exact) mass is 190 g/mol. The third-order valence-electron chi connectivity index (χ3n) is 2.58. The van der Waals surface area contributed by atoms with E-state index in [9.17, 15) is 0 Å². The first-order valence-electron chi connectivity index (χ1n) is 5.43. The van der Waals surface area contributed by atoms with Gasteiger partial charge in [0.15, 0.2) is 0 Å². The van der Waals surface area contributed by atoms with E-state index in [0.29, 0.717) is 6.04 Å². The zero-order valence-electron chi connectivity index (χ0n) is 8.96. The Kier molecular flexibility index (Phi) is 2.82. The normalized spacial score (nSPS) is 16.2. The zero-order chi connectivity index (χ0) is 9.97. The Morgan fingerprint density at radius 1 is 1.43 bits per heavy atom. The quantitative estimate of drug-likeness (QED) is 0.789. The van der Waals surface area contributed by atoms with Crippen molar-refractivity contribution in [2.24, 2.45) is 0 Å². The van der Waals surface area contributed by atoms with E-state index in [1.54, 1.807) is 0 Å². The molecule has 0 unspecified atom stereocenters. The van der Waals surface area contributed by atoms with Crippen molar-refractivity contribution in [3.05, 3.63) is 29.6 Å². The number of hydrogen-bond acceptors (Lipinski definition) is 2. The molecule has 2 rings (SSSR count). The standard InChI is InChI=1S/C12H18N2/c1-9(2)14-7-10-5-12(8-13-6-10)11-3-4-11/h5-6,8-9,11,14H,3-4,7H2,1-2H3. The maximum absolute atomic E-state index is 4.28. The van der Waals surface area contributed by atoms with Gasteiger partial charge in [-0.1, -0.05) is 19.9 Å². The molecule has 1 fully saturated rings. The van der Waals surface area contributed by atoms with E-state index in [4.69, 9.17) is 0 Å². The molecule has 0 spiro atoms. The summed E-state index contributed by atoms with van der Waals surface area (Å²) in [6.07, 6.45) is 6.67. The largest absolute Gasteiger partial charge is 0.310 e. The summed E-state index contributed by atoms with van der Waals surface area (Å²) in [6.45, 7) is 5.27. The van der Waals surface area contributed by atoms with Crippen LogP contribution in [0.3, 0.4) is 0 Å². The molecule has 0 radical (unpaired) electrons. The van der Waals surface area contributed by atoms with Crippen LogP contribution in [0.5, 0.6) is 0 Å². The van der Waals surface area contributed by atoms with Crippen LogP contribution in [0.25, 0.3) is 0 Å². The van der Waals surface area contributed by atoms with Crippen LogP contribution in [0.4, 0.5) is 0 Å². The summed E-state index contributed by atoms with van der Waals surface area (Å²) in [7, 11) is 0. The Balaban J connectivity index is 1.99. The molecule has 0 aliphatic heterocycles. The molecule has 2 nitrogen and oxygen atoms in total. The van der Waals surface area contributed by atoms with Gasteiger partial charge in [-0.05, 0) is 29.9 Å². The Hall–Kier alpha value is -0.890. The molecule has 0 atom stereocenters. The summed E-state index contributed by atoms with van der Waals surface area (Å²) in [4.78, 5) is 4.28. The third kappa shape index (κ3) is 2.55. The van der Waals surface area contributed by atoms with Crippen LogP contribution in [-0.2, 0) is 6.54 Å². The molecule has 1 aliphatic rings. The van der Waals surface area contributed by atoms with Gasteiger partial charge in [-0.3, -0.25) is 4.98 Å². The fourth-order valence-electron chi connectivity index (χ4n) is 1.57. The minimum atomic E-state index is 0.541. The molecule has 1 heterocycles. The predicted molar refractivity (Wildman–Crippen MR) is 58.2 cm³/mol. The van der Waals surface area contributed by atoms with E-state index >= 15 is 0 Å². The highest BCUT2D eigenvalue weighted by Crippen LogP contribution is 2.39. The molecule has 1 aliphatic carbocycles. The van der Waals surface area contributed by atoms with Crippen LogP contribution >= 0.6 is 0 Å². The van der Waals surface area contributed by atoms with Crippen molar-refractivity contribution in [2.45, 2.75) is 45.2 Å². The lowest BCUT2D eigenvalue weighted by Crippen LogP contribution is -2.21. The fraction of sp³-hybridized carbons (Fsp3) is 0.583. The van der Waals surface area contributed by atoms with Crippen molar-refractivity contribution in [1.82, 2.24) is 10.3 Å². The molecule has 2 heteroatoms. The van der Waals surface area contributed by atoms with Crippen molar-refractivity contribution >= 4 is 0 Å². The van der Waals surface area contributed by atoms with Crippen molar-refractivity contribution < 1.29 is 0 Å². The Labute approximate surface area is 85.7 Å². The van der Waals surface area contributed by atoms with Gasteiger partial charge in [0.1, 0.15) is 0 Å². The Morgan fingerprint density at radius 3 is 2.86 bits per heavy atom. The lowest BCUT2D eigenvalue weighted by Gasteiger charge is -2.08. The smallest absolute Gasteiger partial charge is 0.0313 e. The van der Waals surface area contributed by atoms with E-state index < -0.39 is 0 Å². The summed E-state index contributed by atoms with van der Waals surface area (Å²) < 4.78 is 0. The number of aromatic nitrogens is 1. The number of hydrogen-bond donors (Lipinski definition) is 1. The Bertz CT molecular complexity index is 303. The minimum absolute atomic E-state index is 0.541. The predicted octanol–water partition coefficient (Wildman–Crippen LogP) is 2.46. The van der Waals surface area contributed by atoms with Gasteiger partial charge in [0.05, 0.1) is 0 Å². The lowest BCUT2D eigenvalue weighted by atomic mass is 10.1. The van der Waals surface area contributed by atoms with Crippen molar-refractivity contribution in [2.75, 3.05) is 0 Å². The van der Waals surface area contributed by atoms with Crippen LogP contribution in [0.15, 0.2) is 18.5 Å². The van der Waals surface area contributed by atoms with Crippen molar-refractivity contribution in [3.8, 4) is 0 Å². The van der Waals surface area contributed by atoms with Crippen molar-refractivity contribution in [3.63, 3.8) is 0 Å². The number of nitrogens with one attached hydrogen (secondary N) is 1. The van der Waals surface area contributed by atoms with Crippen LogP contribution in [-0.4, -0.2) is 11.0 Å². The van der Waals surface area contributed by atoms with Gasteiger partial charge in [-0.2, -0.15) is 0 Å². The summed E-state index contributed by atoms with van der Waals surface area (Å²) in [6, 6.07) is 2.83. The first-order chi connectivity index (χ1) is 6.75. The highest BCUT2D eigenvalue weighted by atomic mass is 14.9. The maximum atomic E-state index is 4.28. The zero-order valence-corrected chi connectivity index (χ0v) is 8.96. The molecular formula is C12H18N2. The molecule has 1 saturated carbocycles. The number of rotatable bonds is 4. The molecule has 1 N–H and O–H groups in total. The number of nitrogens with zero attached hydrogens (tertiary/aromatic N) is 1. The van der Waals surface area contributed by atoms with Gasteiger partial charge in [0.2, 0.25) is 0 Å². The maximum Gasteiger partial charge on any atom is 0.0313 e. The molecular weight excluding hydrogens is 172 g/mol. The van der Waals surface area contributed by atoms with E-state index in [1.807, 2.05) is 12.4 Å². The molecule has 0 bridgehead atoms. The van der Waals surface area contributed by atoms with Gasteiger partial charge < -0.3 is 5.32 Å². The summed E-state index contributed by atoms with van der Waals surface area (Å²) in [5, 5.41) is 3.41. The molecule has 14 heavy (non-hydrogen) atoms. The van der Waals surface area contributed by atoms with E-state index in [2.05, 4.69) is 30.2 Å². The van der Waals surface area contributed by atoms with E-state index in [-0.39, 0.29) is 0 Å². The van der Waals surface area contributed by atoms with E-state index in [0.717, 1.165) is 12.5 Å². The third-order valence-corrected chi connectivity index (χ3v) is 2.58. The van der Waals surface area contributed by atoms with Crippen LogP contribution in [0.2, 0.25) is 0 Å². The summed E-state index contributed by atoms with van der Waals surface area (Å²) >= 11 is 0. The second kappa shape index (κ2) is 4.09. The summed E-state index contributed by atoms with van der Waals surface area (Å²) in [5.74, 6) is 0.807. The molecule has 0 amide bonds. The van der Waals surface area contributed by atoms with Crippen LogP contribution in [0, 0.1) is 0 Å². The van der Waals surface area contributed by atoms with Gasteiger partial charge in [-0.15, -0.1) is 0 Å². The first-order valence-corrected chi connectivity index (χ1v) is 5.43. The highest BCUT2D eigenvalue weighted by molar-refractivity contribution is 5.24. The first kappa shape index (κ1) is 9.66. The second-order valence-corrected chi connectivity index (χ2v) is 4.44. The molecule has 0 saturated heterocycles. The van der Waals surface area contributed by atoms with Crippen LogP contribution in [0.1, 0.15) is 43.7 Å². The Morgan fingerprint density at radius 2 is 2.21 bits per heavy atom. The van der Waals surface area contributed by atoms with Gasteiger partial charge in [-0.25, -0.2) is 0 Å². The van der Waals surface area contributed by atoms with Crippen LogP contribution < -0.4 is 5.32 Å². The average Bonchev–Trinajstić information content (AvgIpc) is 2.98. The van der Waals surface area contributed by atoms with Gasteiger partial charge in [0, 0.05) is 25.0 Å². The number of pyridine rings is 1. The van der Waals surface area contributed by atoms with Crippen molar-refractivity contribution in [1.29, 1.82) is 0 Å². The van der Waals surface area contributed by atoms with Gasteiger partial charge >= 0.3 is 0 Å². The highest BCUT2D eigenvalue weighted by Gasteiger charge is 2.23. The minimum Gasteiger partial charge on any atom is -0.310 e. The molecule has 76 valence electrons. The summed E-state index contributed by atoms with van der Waals surface area (Å²) in [5.41, 5.74) is 2.73. The second-order valence-electron chi connectivity index (χ2n) is 4.44. The lowest BCUT2D eigenvalue weighted by molar-refractivity contribution is 0.587.